The fourth-order valence-corrected chi connectivity index (χ4v) is 3.34. The summed E-state index contributed by atoms with van der Waals surface area (Å²) in [5.41, 5.74) is 2.00. The van der Waals surface area contributed by atoms with Gasteiger partial charge in [-0.25, -0.2) is 4.99 Å². The van der Waals surface area contributed by atoms with Crippen LogP contribution in [0.4, 0.5) is 5.69 Å². The van der Waals surface area contributed by atoms with Gasteiger partial charge >= 0.3 is 0 Å². The normalized spacial score (nSPS) is 19.8. The fourth-order valence-electron chi connectivity index (χ4n) is 2.05. The van der Waals surface area contributed by atoms with Crippen LogP contribution in [0, 0.1) is 0 Å². The summed E-state index contributed by atoms with van der Waals surface area (Å²) in [6.45, 7) is 0. The lowest BCUT2D eigenvalue weighted by atomic mass is 10.1. The Morgan fingerprint density at radius 3 is 2.52 bits per heavy atom. The highest BCUT2D eigenvalue weighted by atomic mass is 79.9. The van der Waals surface area contributed by atoms with Crippen molar-refractivity contribution in [2.24, 2.45) is 4.99 Å². The van der Waals surface area contributed by atoms with E-state index in [9.17, 15) is 4.79 Å². The van der Waals surface area contributed by atoms with Gasteiger partial charge in [0.2, 0.25) is 5.91 Å². The Hall–Kier alpha value is -1.59. The molecule has 5 heteroatoms. The molecule has 1 fully saturated rings. The number of para-hydroxylation sites is 1. The maximum atomic E-state index is 12.0. The number of amidine groups is 1. The predicted molar refractivity (Wildman–Crippen MR) is 90.9 cm³/mol. The zero-order valence-electron chi connectivity index (χ0n) is 11.1. The van der Waals surface area contributed by atoms with Gasteiger partial charge in [0.25, 0.3) is 0 Å². The number of aliphatic imine (C=N–C) groups is 1. The van der Waals surface area contributed by atoms with Crippen molar-refractivity contribution in [3.05, 3.63) is 64.6 Å². The third-order valence-electron chi connectivity index (χ3n) is 3.10. The van der Waals surface area contributed by atoms with Crippen molar-refractivity contribution in [3.63, 3.8) is 0 Å². The third kappa shape index (κ3) is 3.74. The Kier molecular flexibility index (Phi) is 4.41. The third-order valence-corrected chi connectivity index (χ3v) is 4.71. The van der Waals surface area contributed by atoms with Crippen molar-refractivity contribution in [3.8, 4) is 0 Å². The number of halogens is 1. The highest BCUT2D eigenvalue weighted by Crippen LogP contribution is 2.26. The minimum Gasteiger partial charge on any atom is -0.304 e. The summed E-state index contributed by atoms with van der Waals surface area (Å²) < 4.78 is 1.04. The number of amides is 1. The molecule has 0 saturated carbocycles. The molecule has 3 rings (SSSR count). The first-order valence-electron chi connectivity index (χ1n) is 6.56. The van der Waals surface area contributed by atoms with E-state index in [1.165, 1.54) is 11.8 Å². The van der Waals surface area contributed by atoms with E-state index in [0.29, 0.717) is 11.6 Å². The zero-order chi connectivity index (χ0) is 14.7. The Bertz CT molecular complexity index is 670. The Labute approximate surface area is 136 Å². The molecule has 0 bridgehead atoms. The average Bonchev–Trinajstić information content (AvgIpc) is 2.82. The molecule has 0 radical (unpaired) electrons. The highest BCUT2D eigenvalue weighted by molar-refractivity contribution is 9.10. The molecule has 1 saturated heterocycles. The van der Waals surface area contributed by atoms with E-state index >= 15 is 0 Å². The molecule has 21 heavy (non-hydrogen) atoms. The van der Waals surface area contributed by atoms with E-state index < -0.39 is 0 Å². The van der Waals surface area contributed by atoms with Crippen LogP contribution in [0.1, 0.15) is 5.56 Å². The number of benzene rings is 2. The standard InChI is InChI=1S/C16H13BrN2OS/c17-12-8-6-11(7-9-12)10-14-15(20)19-16(21-14)18-13-4-2-1-3-5-13/h1-9,14H,10H2,(H,18,19,20). The van der Waals surface area contributed by atoms with E-state index in [-0.39, 0.29) is 11.2 Å². The number of hydrogen-bond donors (Lipinski definition) is 1. The van der Waals surface area contributed by atoms with Crippen LogP contribution in [-0.2, 0) is 11.2 Å². The van der Waals surface area contributed by atoms with Crippen LogP contribution in [0.5, 0.6) is 0 Å². The lowest BCUT2D eigenvalue weighted by Crippen LogP contribution is -2.25. The quantitative estimate of drug-likeness (QED) is 0.901. The van der Waals surface area contributed by atoms with Crippen molar-refractivity contribution in [1.29, 1.82) is 0 Å². The van der Waals surface area contributed by atoms with Crippen molar-refractivity contribution >= 4 is 44.5 Å². The molecule has 0 aliphatic carbocycles. The van der Waals surface area contributed by atoms with Crippen LogP contribution >= 0.6 is 27.7 Å². The predicted octanol–water partition coefficient (Wildman–Crippen LogP) is 3.91. The van der Waals surface area contributed by atoms with Crippen LogP contribution < -0.4 is 5.32 Å². The number of carbonyl (C=O) groups excluding carboxylic acids is 1. The molecule has 2 aromatic carbocycles. The number of nitrogens with one attached hydrogen (secondary N) is 1. The Balaban J connectivity index is 1.70. The summed E-state index contributed by atoms with van der Waals surface area (Å²) in [4.78, 5) is 16.5. The minimum absolute atomic E-state index is 0.0256. The van der Waals surface area contributed by atoms with Gasteiger partial charge in [0.1, 0.15) is 0 Å². The number of rotatable bonds is 3. The van der Waals surface area contributed by atoms with E-state index in [1.54, 1.807) is 0 Å². The maximum absolute atomic E-state index is 12.0. The van der Waals surface area contributed by atoms with Crippen LogP contribution in [0.25, 0.3) is 0 Å². The maximum Gasteiger partial charge on any atom is 0.239 e. The van der Waals surface area contributed by atoms with E-state index in [2.05, 4.69) is 26.2 Å². The lowest BCUT2D eigenvalue weighted by molar-refractivity contribution is -0.118. The summed E-state index contributed by atoms with van der Waals surface area (Å²) in [6, 6.07) is 17.7. The van der Waals surface area contributed by atoms with Gasteiger partial charge in [0, 0.05) is 4.47 Å². The van der Waals surface area contributed by atoms with Crippen molar-refractivity contribution in [2.75, 3.05) is 0 Å². The molecule has 3 nitrogen and oxygen atoms in total. The Morgan fingerprint density at radius 2 is 1.81 bits per heavy atom. The van der Waals surface area contributed by atoms with Gasteiger partial charge in [-0.05, 0) is 36.2 Å². The van der Waals surface area contributed by atoms with Gasteiger partial charge in [-0.3, -0.25) is 4.79 Å². The molecule has 1 unspecified atom stereocenters. The van der Waals surface area contributed by atoms with Crippen LogP contribution in [0.2, 0.25) is 0 Å². The van der Waals surface area contributed by atoms with Crippen molar-refractivity contribution < 1.29 is 4.79 Å². The minimum atomic E-state index is -0.117. The molecule has 2 aromatic rings. The van der Waals surface area contributed by atoms with Crippen LogP contribution in [0.15, 0.2) is 64.1 Å². The van der Waals surface area contributed by atoms with Crippen molar-refractivity contribution in [2.45, 2.75) is 11.7 Å². The molecule has 0 spiro atoms. The first-order valence-corrected chi connectivity index (χ1v) is 8.24. The number of hydrogen-bond acceptors (Lipinski definition) is 3. The summed E-state index contributed by atoms with van der Waals surface area (Å²) >= 11 is 4.90. The van der Waals surface area contributed by atoms with Gasteiger partial charge in [-0.1, -0.05) is 58.0 Å². The zero-order valence-corrected chi connectivity index (χ0v) is 13.5. The van der Waals surface area contributed by atoms with Gasteiger partial charge in [0.15, 0.2) is 5.17 Å². The number of carbonyl (C=O) groups is 1. The van der Waals surface area contributed by atoms with Gasteiger partial charge in [0.05, 0.1) is 10.9 Å². The SMILES string of the molecule is O=C1NC(=Nc2ccccc2)SC1Cc1ccc(Br)cc1. The van der Waals surface area contributed by atoms with Gasteiger partial charge < -0.3 is 5.32 Å². The average molecular weight is 361 g/mol. The van der Waals surface area contributed by atoms with Gasteiger partial charge in [-0.15, -0.1) is 0 Å². The molecular formula is C16H13BrN2OS. The van der Waals surface area contributed by atoms with E-state index in [4.69, 9.17) is 0 Å². The monoisotopic (exact) mass is 360 g/mol. The molecular weight excluding hydrogens is 348 g/mol. The summed E-state index contributed by atoms with van der Waals surface area (Å²) in [7, 11) is 0. The van der Waals surface area contributed by atoms with E-state index in [1.807, 2.05) is 54.6 Å². The summed E-state index contributed by atoms with van der Waals surface area (Å²) in [5.74, 6) is 0.0256. The molecule has 1 aliphatic heterocycles. The van der Waals surface area contributed by atoms with E-state index in [0.717, 1.165) is 15.7 Å². The van der Waals surface area contributed by atoms with Crippen molar-refractivity contribution in [1.82, 2.24) is 5.32 Å². The molecule has 1 aliphatic rings. The first kappa shape index (κ1) is 14.4. The van der Waals surface area contributed by atoms with Gasteiger partial charge in [-0.2, -0.15) is 0 Å². The molecule has 0 aromatic heterocycles. The molecule has 1 N–H and O–H groups in total. The summed E-state index contributed by atoms with van der Waals surface area (Å²) in [5, 5.41) is 3.41. The second kappa shape index (κ2) is 6.45. The fraction of sp³-hybridized carbons (Fsp3) is 0.125. The van der Waals surface area contributed by atoms with Crippen LogP contribution in [-0.4, -0.2) is 16.3 Å². The Morgan fingerprint density at radius 1 is 1.10 bits per heavy atom. The molecule has 1 amide bonds. The second-order valence-corrected chi connectivity index (χ2v) is 6.79. The first-order chi connectivity index (χ1) is 10.2. The summed E-state index contributed by atoms with van der Waals surface area (Å²) in [6.07, 6.45) is 0.706. The lowest BCUT2D eigenvalue weighted by Gasteiger charge is -2.05. The molecule has 106 valence electrons. The largest absolute Gasteiger partial charge is 0.304 e. The second-order valence-electron chi connectivity index (χ2n) is 4.68. The number of thioether (sulfide) groups is 1. The molecule has 1 heterocycles. The number of nitrogens with zero attached hydrogens (tertiary/aromatic N) is 1. The topological polar surface area (TPSA) is 41.5 Å². The van der Waals surface area contributed by atoms with Crippen LogP contribution in [0.3, 0.4) is 0 Å². The smallest absolute Gasteiger partial charge is 0.239 e. The highest BCUT2D eigenvalue weighted by Gasteiger charge is 2.30. The molecule has 1 atom stereocenters.